The third-order valence-corrected chi connectivity index (χ3v) is 4.71. The van der Waals surface area contributed by atoms with E-state index in [1.54, 1.807) is 0 Å². The fourth-order valence-electron chi connectivity index (χ4n) is 3.06. The van der Waals surface area contributed by atoms with Crippen LogP contribution in [0.25, 0.3) is 0 Å². The van der Waals surface area contributed by atoms with Gasteiger partial charge < -0.3 is 15.7 Å². The molecular formula is C24H28N2O. The third-order valence-electron chi connectivity index (χ3n) is 4.71. The van der Waals surface area contributed by atoms with Crippen molar-refractivity contribution in [3.8, 4) is 0 Å². The van der Waals surface area contributed by atoms with Gasteiger partial charge in [-0.25, -0.2) is 0 Å². The summed E-state index contributed by atoms with van der Waals surface area (Å²) in [6.45, 7) is 5.03. The lowest BCUT2D eigenvalue weighted by atomic mass is 10.0. The van der Waals surface area contributed by atoms with E-state index in [9.17, 15) is 5.11 Å². The first-order chi connectivity index (χ1) is 13.1. The van der Waals surface area contributed by atoms with Crippen molar-refractivity contribution in [2.45, 2.75) is 32.9 Å². The van der Waals surface area contributed by atoms with Gasteiger partial charge in [-0.15, -0.1) is 0 Å². The molecule has 3 heteroatoms. The molecule has 1 atom stereocenters. The average molecular weight is 361 g/mol. The molecule has 0 spiro atoms. The molecule has 0 saturated heterocycles. The Morgan fingerprint density at radius 1 is 0.741 bits per heavy atom. The van der Waals surface area contributed by atoms with Gasteiger partial charge in [-0.2, -0.15) is 0 Å². The minimum absolute atomic E-state index is 0.0324. The van der Waals surface area contributed by atoms with Crippen molar-refractivity contribution in [3.63, 3.8) is 0 Å². The van der Waals surface area contributed by atoms with Gasteiger partial charge in [0.15, 0.2) is 0 Å². The van der Waals surface area contributed by atoms with Gasteiger partial charge in [0, 0.05) is 6.54 Å². The maximum atomic E-state index is 9.85. The Labute approximate surface area is 162 Å². The number of aliphatic hydroxyl groups is 1. The van der Waals surface area contributed by atoms with Crippen LogP contribution in [0.15, 0.2) is 72.8 Å². The van der Waals surface area contributed by atoms with Crippen LogP contribution in [-0.4, -0.2) is 17.8 Å². The maximum absolute atomic E-state index is 9.85. The van der Waals surface area contributed by atoms with E-state index in [4.69, 9.17) is 0 Å². The van der Waals surface area contributed by atoms with Crippen LogP contribution in [0, 0.1) is 13.8 Å². The minimum Gasteiger partial charge on any atom is -0.394 e. The number of para-hydroxylation sites is 2. The molecule has 0 aliphatic heterocycles. The topological polar surface area (TPSA) is 44.3 Å². The lowest BCUT2D eigenvalue weighted by Gasteiger charge is -2.21. The summed E-state index contributed by atoms with van der Waals surface area (Å²) in [5.41, 5.74) is 7.03. The monoisotopic (exact) mass is 360 g/mol. The number of anilines is 2. The number of nitrogens with one attached hydrogen (secondary N) is 2. The highest BCUT2D eigenvalue weighted by molar-refractivity contribution is 5.69. The van der Waals surface area contributed by atoms with Gasteiger partial charge in [0.1, 0.15) is 0 Å². The molecule has 0 amide bonds. The van der Waals surface area contributed by atoms with Crippen molar-refractivity contribution in [2.24, 2.45) is 0 Å². The SMILES string of the molecule is Cc1ccc(CNc2ccccc2N[C@H](CO)Cc2ccc(C)cc2)cc1. The summed E-state index contributed by atoms with van der Waals surface area (Å²) in [6.07, 6.45) is 0.781. The summed E-state index contributed by atoms with van der Waals surface area (Å²) >= 11 is 0. The molecule has 0 aromatic heterocycles. The minimum atomic E-state index is -0.0324. The summed E-state index contributed by atoms with van der Waals surface area (Å²) in [5.74, 6) is 0. The zero-order chi connectivity index (χ0) is 19.1. The van der Waals surface area contributed by atoms with Gasteiger partial charge >= 0.3 is 0 Å². The number of benzene rings is 3. The predicted octanol–water partition coefficient (Wildman–Crippen LogP) is 4.93. The Kier molecular flexibility index (Phi) is 6.50. The van der Waals surface area contributed by atoms with Crippen molar-refractivity contribution in [3.05, 3.63) is 95.1 Å². The maximum Gasteiger partial charge on any atom is 0.0636 e. The summed E-state index contributed by atoms with van der Waals surface area (Å²) in [5, 5.41) is 16.8. The molecule has 3 aromatic carbocycles. The standard InChI is InChI=1S/C24H28N2O/c1-18-7-11-20(12-8-18)15-22(17-27)26-24-6-4-3-5-23(24)25-16-21-13-9-19(2)10-14-21/h3-14,22,25-27H,15-17H2,1-2H3/t22-/m0/s1. The second kappa shape index (κ2) is 9.24. The van der Waals surface area contributed by atoms with Gasteiger partial charge in [0.05, 0.1) is 24.0 Å². The number of aryl methyl sites for hydroxylation is 2. The molecule has 0 saturated carbocycles. The second-order valence-electron chi connectivity index (χ2n) is 7.10. The number of hydrogen-bond donors (Lipinski definition) is 3. The zero-order valence-corrected chi connectivity index (χ0v) is 16.1. The van der Waals surface area contributed by atoms with Crippen LogP contribution < -0.4 is 10.6 Å². The molecule has 0 aliphatic carbocycles. The van der Waals surface area contributed by atoms with Gasteiger partial charge in [-0.1, -0.05) is 71.8 Å². The first-order valence-electron chi connectivity index (χ1n) is 9.45. The number of hydrogen-bond acceptors (Lipinski definition) is 3. The Bertz CT molecular complexity index is 841. The molecule has 0 radical (unpaired) electrons. The van der Waals surface area contributed by atoms with E-state index in [1.807, 2.05) is 12.1 Å². The zero-order valence-electron chi connectivity index (χ0n) is 16.1. The molecule has 0 aliphatic rings. The summed E-state index contributed by atoms with van der Waals surface area (Å²) < 4.78 is 0. The van der Waals surface area contributed by atoms with Crippen LogP contribution in [0.1, 0.15) is 22.3 Å². The first-order valence-corrected chi connectivity index (χ1v) is 9.45. The van der Waals surface area contributed by atoms with Crippen molar-refractivity contribution in [1.82, 2.24) is 0 Å². The van der Waals surface area contributed by atoms with Crippen LogP contribution in [0.4, 0.5) is 11.4 Å². The van der Waals surface area contributed by atoms with Crippen molar-refractivity contribution < 1.29 is 5.11 Å². The van der Waals surface area contributed by atoms with E-state index >= 15 is 0 Å². The summed E-state index contributed by atoms with van der Waals surface area (Å²) in [6, 6.07) is 25.1. The molecule has 0 unspecified atom stereocenters. The molecule has 3 N–H and O–H groups in total. The van der Waals surface area contributed by atoms with Crippen molar-refractivity contribution in [1.29, 1.82) is 0 Å². The fraction of sp³-hybridized carbons (Fsp3) is 0.250. The molecule has 0 bridgehead atoms. The lowest BCUT2D eigenvalue weighted by molar-refractivity contribution is 0.274. The Hall–Kier alpha value is -2.78. The average Bonchev–Trinajstić information content (AvgIpc) is 2.69. The third kappa shape index (κ3) is 5.60. The van der Waals surface area contributed by atoms with Crippen LogP contribution in [0.3, 0.4) is 0 Å². The first kappa shape index (κ1) is 19.0. The molecule has 0 fully saturated rings. The predicted molar refractivity (Wildman–Crippen MR) is 114 cm³/mol. The van der Waals surface area contributed by atoms with E-state index in [0.29, 0.717) is 0 Å². The fourth-order valence-corrected chi connectivity index (χ4v) is 3.06. The molecule has 3 nitrogen and oxygen atoms in total. The quantitative estimate of drug-likeness (QED) is 0.534. The molecule has 3 aromatic rings. The molecule has 0 heterocycles. The van der Waals surface area contributed by atoms with Crippen LogP contribution in [0.2, 0.25) is 0 Å². The smallest absolute Gasteiger partial charge is 0.0636 e. The van der Waals surface area contributed by atoms with Gasteiger partial charge in [-0.3, -0.25) is 0 Å². The molecule has 27 heavy (non-hydrogen) atoms. The van der Waals surface area contributed by atoms with Crippen LogP contribution in [0.5, 0.6) is 0 Å². The van der Waals surface area contributed by atoms with Crippen LogP contribution >= 0.6 is 0 Å². The summed E-state index contributed by atoms with van der Waals surface area (Å²) in [4.78, 5) is 0. The normalized spacial score (nSPS) is 11.8. The Morgan fingerprint density at radius 2 is 1.30 bits per heavy atom. The van der Waals surface area contributed by atoms with Gasteiger partial charge in [-0.05, 0) is 43.5 Å². The highest BCUT2D eigenvalue weighted by atomic mass is 16.3. The highest BCUT2D eigenvalue weighted by Gasteiger charge is 2.11. The number of aliphatic hydroxyl groups excluding tert-OH is 1. The van der Waals surface area contributed by atoms with E-state index in [-0.39, 0.29) is 12.6 Å². The summed E-state index contributed by atoms with van der Waals surface area (Å²) in [7, 11) is 0. The van der Waals surface area contributed by atoms with E-state index in [2.05, 4.69) is 85.1 Å². The van der Waals surface area contributed by atoms with Crippen molar-refractivity contribution in [2.75, 3.05) is 17.2 Å². The Balaban J connectivity index is 1.66. The lowest BCUT2D eigenvalue weighted by Crippen LogP contribution is -2.26. The van der Waals surface area contributed by atoms with Crippen LogP contribution in [-0.2, 0) is 13.0 Å². The van der Waals surface area contributed by atoms with E-state index in [1.165, 1.54) is 22.3 Å². The second-order valence-corrected chi connectivity index (χ2v) is 7.10. The van der Waals surface area contributed by atoms with E-state index in [0.717, 1.165) is 24.3 Å². The Morgan fingerprint density at radius 3 is 1.89 bits per heavy atom. The van der Waals surface area contributed by atoms with Crippen molar-refractivity contribution >= 4 is 11.4 Å². The molecule has 3 rings (SSSR count). The number of rotatable bonds is 8. The van der Waals surface area contributed by atoms with E-state index < -0.39 is 0 Å². The highest BCUT2D eigenvalue weighted by Crippen LogP contribution is 2.23. The van der Waals surface area contributed by atoms with Gasteiger partial charge in [0.2, 0.25) is 0 Å². The molecule has 140 valence electrons. The van der Waals surface area contributed by atoms with Gasteiger partial charge in [0.25, 0.3) is 0 Å². The molecular weight excluding hydrogens is 332 g/mol. The largest absolute Gasteiger partial charge is 0.394 e.